The van der Waals surface area contributed by atoms with Crippen LogP contribution in [0.3, 0.4) is 0 Å². The minimum absolute atomic E-state index is 0.0224. The van der Waals surface area contributed by atoms with Crippen molar-refractivity contribution in [2.75, 3.05) is 13.2 Å². The van der Waals surface area contributed by atoms with Crippen LogP contribution in [0.5, 0.6) is 0 Å². The van der Waals surface area contributed by atoms with E-state index in [1.54, 1.807) is 4.90 Å². The van der Waals surface area contributed by atoms with E-state index in [2.05, 4.69) is 29.6 Å². The normalized spacial score (nSPS) is 17.7. The number of alkyl carbamates (subject to hydrolysis) is 1. The molecule has 1 aliphatic carbocycles. The highest BCUT2D eigenvalue weighted by Crippen LogP contribution is 2.44. The van der Waals surface area contributed by atoms with Gasteiger partial charge in [0, 0.05) is 31.0 Å². The van der Waals surface area contributed by atoms with E-state index < -0.39 is 12.1 Å². The maximum Gasteiger partial charge on any atom is 0.407 e. The molecule has 1 heterocycles. The summed E-state index contributed by atoms with van der Waals surface area (Å²) in [6.07, 6.45) is 2.54. The van der Waals surface area contributed by atoms with Crippen LogP contribution in [-0.2, 0) is 14.3 Å². The summed E-state index contributed by atoms with van der Waals surface area (Å²) in [6.45, 7) is 2.79. The fourth-order valence-electron chi connectivity index (χ4n) is 5.29. The molecule has 2 amide bonds. The molecule has 0 aromatic heterocycles. The molecular formula is C27H32N2O5. The molecule has 4 rings (SSSR count). The molecule has 2 aromatic carbocycles. The number of hydrogen-bond acceptors (Lipinski definition) is 4. The number of nitrogens with one attached hydrogen (secondary N) is 1. The summed E-state index contributed by atoms with van der Waals surface area (Å²) in [5.41, 5.74) is 4.64. The van der Waals surface area contributed by atoms with E-state index in [0.29, 0.717) is 19.4 Å². The Kier molecular flexibility index (Phi) is 7.50. The lowest BCUT2D eigenvalue weighted by Crippen LogP contribution is -2.43. The summed E-state index contributed by atoms with van der Waals surface area (Å²) < 4.78 is 5.64. The number of ether oxygens (including phenoxy) is 1. The monoisotopic (exact) mass is 464 g/mol. The Bertz CT molecular complexity index is 1010. The van der Waals surface area contributed by atoms with Crippen molar-refractivity contribution in [1.29, 1.82) is 0 Å². The largest absolute Gasteiger partial charge is 0.481 e. The van der Waals surface area contributed by atoms with Gasteiger partial charge in [-0.1, -0.05) is 61.9 Å². The standard InChI is InChI=1S/C27H32N2O5/c1-2-8-18(15-25(30)29-14-7-9-19(29)16-26(31)32)28-27(33)34-17-24-22-12-5-3-10-20(22)21-11-4-6-13-23(21)24/h3-6,10-13,18-19,24H,2,7-9,14-17H2,1H3,(H,28,33)(H,31,32)/t18?,19-/m0/s1. The Morgan fingerprint density at radius 3 is 2.35 bits per heavy atom. The number of nitrogens with zero attached hydrogens (tertiary/aromatic N) is 1. The Balaban J connectivity index is 1.36. The molecule has 7 heteroatoms. The van der Waals surface area contributed by atoms with Crippen LogP contribution < -0.4 is 5.32 Å². The van der Waals surface area contributed by atoms with Crippen molar-refractivity contribution in [1.82, 2.24) is 10.2 Å². The highest BCUT2D eigenvalue weighted by molar-refractivity contribution is 5.80. The van der Waals surface area contributed by atoms with Crippen LogP contribution >= 0.6 is 0 Å². The van der Waals surface area contributed by atoms with Gasteiger partial charge in [-0.25, -0.2) is 4.79 Å². The summed E-state index contributed by atoms with van der Waals surface area (Å²) in [7, 11) is 0. The first-order valence-electron chi connectivity index (χ1n) is 12.1. The predicted octanol–water partition coefficient (Wildman–Crippen LogP) is 4.55. The molecule has 1 fully saturated rings. The first kappa shape index (κ1) is 23.8. The number of rotatable bonds is 9. The van der Waals surface area contributed by atoms with Gasteiger partial charge in [0.2, 0.25) is 5.91 Å². The van der Waals surface area contributed by atoms with Gasteiger partial charge in [0.1, 0.15) is 6.61 Å². The SMILES string of the molecule is CCCC(CC(=O)N1CCC[C@H]1CC(=O)O)NC(=O)OCC1c2ccccc2-c2ccccc21. The zero-order valence-corrected chi connectivity index (χ0v) is 19.5. The topological polar surface area (TPSA) is 95.9 Å². The second-order valence-electron chi connectivity index (χ2n) is 9.14. The van der Waals surface area contributed by atoms with Gasteiger partial charge < -0.3 is 20.1 Å². The van der Waals surface area contributed by atoms with E-state index in [1.807, 2.05) is 31.2 Å². The maximum atomic E-state index is 12.9. The number of aliphatic carboxylic acids is 1. The number of carbonyl (C=O) groups excluding carboxylic acids is 2. The Labute approximate surface area is 200 Å². The van der Waals surface area contributed by atoms with E-state index in [1.165, 1.54) is 11.1 Å². The number of likely N-dealkylation sites (tertiary alicyclic amines) is 1. The zero-order valence-electron chi connectivity index (χ0n) is 19.5. The minimum atomic E-state index is -0.897. The Morgan fingerprint density at radius 2 is 1.74 bits per heavy atom. The smallest absolute Gasteiger partial charge is 0.407 e. The molecule has 1 saturated heterocycles. The van der Waals surface area contributed by atoms with Crippen LogP contribution in [0, 0.1) is 0 Å². The van der Waals surface area contributed by atoms with E-state index in [4.69, 9.17) is 9.84 Å². The van der Waals surface area contributed by atoms with Crippen molar-refractivity contribution >= 4 is 18.0 Å². The molecule has 0 spiro atoms. The molecule has 1 unspecified atom stereocenters. The quantitative estimate of drug-likeness (QED) is 0.568. The Hall–Kier alpha value is -3.35. The third kappa shape index (κ3) is 5.24. The number of carboxylic acid groups (broad SMARTS) is 1. The van der Waals surface area contributed by atoms with Crippen molar-refractivity contribution in [2.45, 2.75) is 63.5 Å². The highest BCUT2D eigenvalue weighted by atomic mass is 16.5. The fraction of sp³-hybridized carbons (Fsp3) is 0.444. The average Bonchev–Trinajstić information content (AvgIpc) is 3.40. The molecule has 2 aromatic rings. The van der Waals surface area contributed by atoms with Crippen LogP contribution in [0.2, 0.25) is 0 Å². The van der Waals surface area contributed by atoms with Crippen LogP contribution in [0.4, 0.5) is 4.79 Å². The van der Waals surface area contributed by atoms with Gasteiger partial charge in [-0.05, 0) is 41.5 Å². The summed E-state index contributed by atoms with van der Waals surface area (Å²) >= 11 is 0. The van der Waals surface area contributed by atoms with Gasteiger partial charge in [-0.2, -0.15) is 0 Å². The molecule has 7 nitrogen and oxygen atoms in total. The van der Waals surface area contributed by atoms with Crippen molar-refractivity contribution < 1.29 is 24.2 Å². The lowest BCUT2D eigenvalue weighted by molar-refractivity contribution is -0.140. The van der Waals surface area contributed by atoms with Crippen molar-refractivity contribution in [3.8, 4) is 11.1 Å². The third-order valence-electron chi connectivity index (χ3n) is 6.83. The number of benzene rings is 2. The lowest BCUT2D eigenvalue weighted by atomic mass is 9.98. The molecule has 2 atom stereocenters. The first-order chi connectivity index (χ1) is 16.5. The van der Waals surface area contributed by atoms with Crippen LogP contribution in [-0.4, -0.2) is 53.2 Å². The lowest BCUT2D eigenvalue weighted by Gasteiger charge is -2.26. The molecule has 2 aliphatic rings. The van der Waals surface area contributed by atoms with Gasteiger partial charge in [0.15, 0.2) is 0 Å². The van der Waals surface area contributed by atoms with E-state index in [0.717, 1.165) is 24.0 Å². The highest BCUT2D eigenvalue weighted by Gasteiger charge is 2.32. The van der Waals surface area contributed by atoms with E-state index in [9.17, 15) is 14.4 Å². The number of carboxylic acids is 1. The zero-order chi connectivity index (χ0) is 24.1. The number of carbonyl (C=O) groups is 3. The molecule has 1 aliphatic heterocycles. The summed E-state index contributed by atoms with van der Waals surface area (Å²) in [5, 5.41) is 12.0. The predicted molar refractivity (Wildman–Crippen MR) is 129 cm³/mol. The van der Waals surface area contributed by atoms with Gasteiger partial charge >= 0.3 is 12.1 Å². The number of amides is 2. The second-order valence-corrected chi connectivity index (χ2v) is 9.14. The second kappa shape index (κ2) is 10.7. The van der Waals surface area contributed by atoms with Gasteiger partial charge in [-0.3, -0.25) is 9.59 Å². The molecule has 180 valence electrons. The van der Waals surface area contributed by atoms with Crippen LogP contribution in [0.1, 0.15) is 62.5 Å². The van der Waals surface area contributed by atoms with Gasteiger partial charge in [0.05, 0.1) is 6.42 Å². The molecule has 0 bridgehead atoms. The van der Waals surface area contributed by atoms with E-state index in [-0.39, 0.29) is 43.4 Å². The molecule has 2 N–H and O–H groups in total. The summed E-state index contributed by atoms with van der Waals surface area (Å²) in [6, 6.07) is 15.7. The minimum Gasteiger partial charge on any atom is -0.481 e. The number of hydrogen-bond donors (Lipinski definition) is 2. The van der Waals surface area contributed by atoms with Gasteiger partial charge in [-0.15, -0.1) is 0 Å². The van der Waals surface area contributed by atoms with Crippen molar-refractivity contribution in [2.24, 2.45) is 0 Å². The first-order valence-corrected chi connectivity index (χ1v) is 12.1. The van der Waals surface area contributed by atoms with Crippen molar-refractivity contribution in [3.05, 3.63) is 59.7 Å². The summed E-state index contributed by atoms with van der Waals surface area (Å²) in [5.74, 6) is -1.03. The number of fused-ring (bicyclic) bond motifs is 3. The maximum absolute atomic E-state index is 12.9. The molecule has 0 radical (unpaired) electrons. The molecule has 0 saturated carbocycles. The Morgan fingerprint density at radius 1 is 1.09 bits per heavy atom. The molecule has 34 heavy (non-hydrogen) atoms. The van der Waals surface area contributed by atoms with Crippen LogP contribution in [0.15, 0.2) is 48.5 Å². The van der Waals surface area contributed by atoms with Gasteiger partial charge in [0.25, 0.3) is 0 Å². The van der Waals surface area contributed by atoms with Crippen molar-refractivity contribution in [3.63, 3.8) is 0 Å². The average molecular weight is 465 g/mol. The fourth-order valence-corrected chi connectivity index (χ4v) is 5.29. The van der Waals surface area contributed by atoms with E-state index >= 15 is 0 Å². The summed E-state index contributed by atoms with van der Waals surface area (Å²) in [4.78, 5) is 38.4. The van der Waals surface area contributed by atoms with Crippen LogP contribution in [0.25, 0.3) is 11.1 Å². The third-order valence-corrected chi connectivity index (χ3v) is 6.83. The molecular weight excluding hydrogens is 432 g/mol.